The second kappa shape index (κ2) is 73.7. The molecule has 35 nitrogen and oxygen atoms in total. The third-order valence-corrected chi connectivity index (χ3v) is 20.0. The van der Waals surface area contributed by atoms with Gasteiger partial charge in [0.25, 0.3) is 17.8 Å². The molecule has 670 valence electrons. The number of hydrogen-bond donors (Lipinski definition) is 3. The molecule has 12 rings (SSSR count). The van der Waals surface area contributed by atoms with E-state index in [-0.39, 0.29) is 354 Å². The molecule has 0 aliphatic carbocycles. The summed E-state index contributed by atoms with van der Waals surface area (Å²) in [6.07, 6.45) is 10.1. The Morgan fingerprint density at radius 3 is 1.02 bits per heavy atom. The number of carboxylic acids is 2. The molecule has 0 saturated carbocycles. The van der Waals surface area contributed by atoms with Gasteiger partial charge in [-0.2, -0.15) is 27.7 Å². The van der Waals surface area contributed by atoms with Crippen LogP contribution in [0.1, 0.15) is 87.8 Å². The van der Waals surface area contributed by atoms with E-state index in [1.54, 1.807) is 47.1 Å². The first-order valence-electron chi connectivity index (χ1n) is 39.0. The third-order valence-electron chi connectivity index (χ3n) is 18.0. The zero-order valence-electron chi connectivity index (χ0n) is 74.4. The molecule has 4 N–H and O–H groups in total. The summed E-state index contributed by atoms with van der Waals surface area (Å²) >= 11 is 8.67. The van der Waals surface area contributed by atoms with E-state index in [2.05, 4.69) is 73.2 Å². The number of ether oxygens (including phenoxy) is 6. The van der Waals surface area contributed by atoms with E-state index in [0.717, 1.165) is 39.1 Å². The number of azide groups is 2. The Hall–Kier alpha value is -4.52. The fourth-order valence-corrected chi connectivity index (χ4v) is 12.2. The molecule has 130 heavy (non-hydrogen) atoms. The number of rotatable bonds is 26. The van der Waals surface area contributed by atoms with E-state index in [9.17, 15) is 67.1 Å². The minimum Gasteiger partial charge on any atom is -0.612 e. The number of carbonyl (C=O) groups is 14. The van der Waals surface area contributed by atoms with Gasteiger partial charge in [0.15, 0.2) is 0 Å². The Morgan fingerprint density at radius 2 is 0.762 bits per heavy atom. The van der Waals surface area contributed by atoms with Gasteiger partial charge in [0, 0.05) is 12.5 Å². The normalized spacial score (nSPS) is 17.3. The molecule has 0 bridgehead atoms. The van der Waals surface area contributed by atoms with Gasteiger partial charge in [0.05, 0.1) is 47.5 Å². The van der Waals surface area contributed by atoms with Gasteiger partial charge in [-0.25, -0.2) is 48.5 Å². The van der Waals surface area contributed by atoms with Crippen molar-refractivity contribution in [2.45, 2.75) is 147 Å². The smallest absolute Gasteiger partial charge is 0.612 e. The number of hydrogen-bond acceptors (Lipinski definition) is 23. The molecular weight excluding hydrogens is 2170 g/mol. The predicted molar refractivity (Wildman–Crippen MR) is 470 cm³/mol. The maximum absolute atomic E-state index is 12.3. The summed E-state index contributed by atoms with van der Waals surface area (Å²) in [5, 5.41) is 26.9. The van der Waals surface area contributed by atoms with E-state index in [0.29, 0.717) is 57.1 Å². The van der Waals surface area contributed by atoms with Crippen LogP contribution in [-0.2, 0) is 105 Å². The number of allylic oxidation sites excluding steroid dienone is 1. The maximum atomic E-state index is 12.3. The molecule has 11 amide bonds. The summed E-state index contributed by atoms with van der Waals surface area (Å²) in [7, 11) is 0. The molecule has 6 aliphatic heterocycles. The van der Waals surface area contributed by atoms with E-state index in [4.69, 9.17) is 55.4 Å². The molecule has 6 aliphatic rings. The van der Waals surface area contributed by atoms with Crippen LogP contribution in [0, 0.1) is 25.7 Å². The number of nitrogens with two attached hydrogens (primary N) is 1. The van der Waals surface area contributed by atoms with Crippen molar-refractivity contribution in [1.29, 1.82) is 0 Å². The van der Waals surface area contributed by atoms with Gasteiger partial charge >= 0.3 is 282 Å². The summed E-state index contributed by atoms with van der Waals surface area (Å²) < 4.78 is 29.5. The van der Waals surface area contributed by atoms with Crippen molar-refractivity contribution in [3.63, 3.8) is 0 Å². The summed E-state index contributed by atoms with van der Waals surface area (Å²) in [4.78, 5) is 168. The number of nitrogens with zero attached hydrogens (tertiary/aromatic N) is 12. The quantitative estimate of drug-likeness (QED) is 0.00730. The molecule has 6 aromatic rings. The first-order valence-corrected chi connectivity index (χ1v) is 42.1. The van der Waals surface area contributed by atoms with Crippen molar-refractivity contribution in [3.8, 4) is 0 Å². The first kappa shape index (κ1) is 128. The van der Waals surface area contributed by atoms with Crippen molar-refractivity contribution in [1.82, 2.24) is 24.5 Å². The van der Waals surface area contributed by atoms with Crippen LogP contribution in [0.2, 0.25) is 0 Å². The molecule has 6 saturated heterocycles. The summed E-state index contributed by atoms with van der Waals surface area (Å²) in [6.45, 7) is 11.7. The molecule has 0 unspecified atom stereocenters. The molecule has 6 heterocycles. The Balaban J connectivity index is 0. The van der Waals surface area contributed by atoms with Crippen LogP contribution in [0.5, 0.6) is 0 Å². The molecule has 9 atom stereocenters. The average molecular weight is 2270 g/mol. The van der Waals surface area contributed by atoms with Gasteiger partial charge in [-0.1, -0.05) is 239 Å². The summed E-state index contributed by atoms with van der Waals surface area (Å²) in [5.41, 5.74) is 27.8. The fourth-order valence-electron chi connectivity index (χ4n) is 12.0. The average Bonchev–Trinajstić information content (AvgIpc) is 1.76. The van der Waals surface area contributed by atoms with Gasteiger partial charge in [0.1, 0.15) is 33.0 Å². The van der Waals surface area contributed by atoms with Gasteiger partial charge in [-0.15, -0.1) is 10.2 Å². The Morgan fingerprint density at radius 1 is 0.462 bits per heavy atom. The standard InChI is InChI=1S/C14H15N4O3.C14H16NO3.C14H15NO3.C13H15NO3.C12H12BrNO3.C10H11NO2.C4H6N3O2.C4H8NO2.C2H2Br2O.Li.4Rb/c1-2-12(16-17-15)13(19)18-11(9-21-14(18)20)8-10-6-4-3-5-7-10;2*1-2-6-13(16)15-12(10-18-14(15)17)9-11-7-4-3-5-8-11;1-2-12(15)14-11(9-17-13(14)16)8-10-6-4-3-5-7-10;13-7-11(15)14-10(8-17-12(14)16)6-9-4-2-1-3-5-9;12-10-11-9(7-13-10)6-8-4-2-1-3-5-8;1-2-3(4(8)9)6-7-5;1-2-3(5)4(6)7;3-1-2(4)5;;;;;/h2-7,11-12H,8-9H2,1H3;2-5,7-8,12H,6,9-10H2,1H3;2-8,12H,9-10H2,1H3;3-7,11H,2,8-9H2,1H3;1-5,10H,6-8H2;1-5,9H,6-7H2,(H,11,12);2-3H,1H3,(H,8,9);2-3H,5H2,1H3,(H,6,7);1H2;;;;;/q2*-1;;;;;2*-1;;5*+1/p-1/b;;6-2+;;;;;;;;;;;/t11-,12-;2*12-;11-;10-;9-;2*3-;;;;;;/m00000000....../s1. The number of carboxylic acid groups (broad SMARTS) is 2. The summed E-state index contributed by atoms with van der Waals surface area (Å²) in [5.74, 6) is -3.61. The number of alkyl halides is 2. The van der Waals surface area contributed by atoms with Crippen molar-refractivity contribution < 1.29 is 357 Å². The topological polar surface area (TPSA) is 489 Å². The van der Waals surface area contributed by atoms with E-state index in [1.807, 2.05) is 182 Å². The number of imide groups is 5. The van der Waals surface area contributed by atoms with Gasteiger partial charge in [-0.3, -0.25) is 43.2 Å². The third kappa shape index (κ3) is 47.5. The molecular formula is C87H99Br3LiN13O22Rb4. The van der Waals surface area contributed by atoms with Crippen LogP contribution < -0.4 is 257 Å². The minimum absolute atomic E-state index is 0. The van der Waals surface area contributed by atoms with Crippen molar-refractivity contribution in [2.24, 2.45) is 16.0 Å². The molecule has 0 spiro atoms. The number of amides is 11. The van der Waals surface area contributed by atoms with Crippen LogP contribution in [0.25, 0.3) is 26.2 Å². The number of aliphatic carboxylic acids is 2. The van der Waals surface area contributed by atoms with Gasteiger partial charge in [0.2, 0.25) is 34.4 Å². The molecule has 0 aromatic heterocycles. The Bertz CT molecular complexity index is 4540. The van der Waals surface area contributed by atoms with Crippen LogP contribution in [0.15, 0.2) is 204 Å². The predicted octanol–water partition coefficient (Wildman–Crippen LogP) is -0.178. The number of carbonyl (C=O) groups excluding carboxylic acids is 12. The van der Waals surface area contributed by atoms with Gasteiger partial charge < -0.3 is 75.4 Å². The molecule has 6 aromatic carbocycles. The Labute approximate surface area is 988 Å². The zero-order chi connectivity index (χ0) is 92.2. The van der Waals surface area contributed by atoms with E-state index < -0.39 is 72.5 Å². The van der Waals surface area contributed by atoms with Crippen molar-refractivity contribution in [3.05, 3.63) is 279 Å². The molecule has 43 heteroatoms. The van der Waals surface area contributed by atoms with Gasteiger partial charge in [-0.05, 0) is 134 Å². The molecule has 6 fully saturated rings. The zero-order valence-corrected chi connectivity index (χ0v) is 98.9. The van der Waals surface area contributed by atoms with E-state index in [1.165, 1.54) is 57.4 Å². The number of benzene rings is 6. The van der Waals surface area contributed by atoms with Crippen LogP contribution in [0.4, 0.5) is 28.8 Å². The largest absolute Gasteiger partial charge is 1.00 e. The van der Waals surface area contributed by atoms with E-state index >= 15 is 0 Å². The minimum atomic E-state index is -1.13. The second-order valence-electron chi connectivity index (χ2n) is 26.9. The van der Waals surface area contributed by atoms with Crippen LogP contribution in [0.3, 0.4) is 0 Å². The summed E-state index contributed by atoms with van der Waals surface area (Å²) in [6, 6.07) is 54.6. The first-order chi connectivity index (χ1) is 60.1. The maximum Gasteiger partial charge on any atom is 1.00 e. The fraction of sp³-hybridized carbons (Fsp3) is 0.356. The number of halogens is 3. The van der Waals surface area contributed by atoms with Crippen molar-refractivity contribution in [2.75, 3.05) is 50.3 Å². The molecule has 0 radical (unpaired) electrons. The SMILES string of the molecule is C/C=C/C(=O)N1C(=O)OC[C@@H]1Cc1ccccc1.CCC(=O)N1C(=O)OC[C@@H]1Cc1ccccc1.C[CH-]CC(=O)N1C(=O)OC[C@@H]1Cc1ccccc1.C[CH-][C@H](N)C(=O)O.C[CH-][C@H](N=[N+]=[N-])C(=O)N1C(=O)OC[C@@H]1Cc1ccccc1.C[CH-][C@H](N=[N+]=[N-])C(=O)O.O=C(Br)CBr.O=C(CBr)N1C(=O)OC[C@@H]1Cc1ccccc1.O=C1[N-][C@@H](Cc2ccccc2)CO1.[Li+].[Rb+].[Rb+].[Rb+].[Rb+]. The van der Waals surface area contributed by atoms with Crippen LogP contribution in [-0.4, -0.2) is 222 Å². The van der Waals surface area contributed by atoms with Crippen molar-refractivity contribution >= 4 is 131 Å². The monoisotopic (exact) mass is 2260 g/mol. The number of cyclic esters (lactones) is 6. The second-order valence-corrected chi connectivity index (χ2v) is 29.0. The Kier molecular flexibility index (Phi) is 72.3. The van der Waals surface area contributed by atoms with Crippen LogP contribution >= 0.6 is 47.8 Å².